The summed E-state index contributed by atoms with van der Waals surface area (Å²) in [6.07, 6.45) is 1.27. The standard InChI is InChI=1S/C13H17NO4/c1-2-3-9-11(12(15)16)14-13(17)18-10-7-5-4-6-8-10/h4-8,11H,2-3,9H2,1H3,(H,14,17)(H,15,16)/t11-/m0/s1. The van der Waals surface area contributed by atoms with Crippen LogP contribution in [-0.4, -0.2) is 23.2 Å². The summed E-state index contributed by atoms with van der Waals surface area (Å²) >= 11 is 0. The summed E-state index contributed by atoms with van der Waals surface area (Å²) in [5.74, 6) is -0.664. The van der Waals surface area contributed by atoms with Crippen LogP contribution < -0.4 is 10.1 Å². The molecule has 1 aromatic carbocycles. The number of hydrogen-bond acceptors (Lipinski definition) is 3. The number of hydrogen-bond donors (Lipinski definition) is 2. The number of carbonyl (C=O) groups excluding carboxylic acids is 1. The number of carboxylic acid groups (broad SMARTS) is 1. The predicted molar refractivity (Wildman–Crippen MR) is 66.6 cm³/mol. The molecular weight excluding hydrogens is 234 g/mol. The molecule has 98 valence electrons. The molecule has 0 bridgehead atoms. The third-order valence-electron chi connectivity index (χ3n) is 2.39. The Morgan fingerprint density at radius 1 is 1.33 bits per heavy atom. The van der Waals surface area contributed by atoms with Crippen molar-refractivity contribution in [2.75, 3.05) is 0 Å². The number of carbonyl (C=O) groups is 2. The first-order valence-electron chi connectivity index (χ1n) is 5.89. The van der Waals surface area contributed by atoms with Gasteiger partial charge in [-0.05, 0) is 18.6 Å². The topological polar surface area (TPSA) is 75.6 Å². The molecule has 0 saturated heterocycles. The number of para-hydroxylation sites is 1. The quantitative estimate of drug-likeness (QED) is 0.814. The molecule has 2 N–H and O–H groups in total. The van der Waals surface area contributed by atoms with Crippen LogP contribution in [0.4, 0.5) is 4.79 Å². The zero-order valence-electron chi connectivity index (χ0n) is 10.3. The maximum Gasteiger partial charge on any atom is 0.413 e. The van der Waals surface area contributed by atoms with E-state index in [1.54, 1.807) is 30.3 Å². The summed E-state index contributed by atoms with van der Waals surface area (Å²) in [4.78, 5) is 22.4. The lowest BCUT2D eigenvalue weighted by Crippen LogP contribution is -2.42. The van der Waals surface area contributed by atoms with Gasteiger partial charge in [0.25, 0.3) is 0 Å². The van der Waals surface area contributed by atoms with Crippen LogP contribution in [0.3, 0.4) is 0 Å². The molecule has 5 heteroatoms. The molecule has 0 aliphatic heterocycles. The van der Waals surface area contributed by atoms with Crippen LogP contribution in [0.1, 0.15) is 26.2 Å². The molecule has 1 rings (SSSR count). The van der Waals surface area contributed by atoms with E-state index in [0.29, 0.717) is 12.2 Å². The number of unbranched alkanes of at least 4 members (excludes halogenated alkanes) is 1. The minimum Gasteiger partial charge on any atom is -0.480 e. The molecule has 0 fully saturated rings. The number of nitrogens with one attached hydrogen (secondary N) is 1. The second-order valence-corrected chi connectivity index (χ2v) is 3.88. The fraction of sp³-hybridized carbons (Fsp3) is 0.385. The molecule has 1 aromatic rings. The lowest BCUT2D eigenvalue weighted by molar-refractivity contribution is -0.139. The van der Waals surface area contributed by atoms with Gasteiger partial charge in [0.05, 0.1) is 0 Å². The van der Waals surface area contributed by atoms with Crippen molar-refractivity contribution in [2.45, 2.75) is 32.2 Å². The number of carboxylic acids is 1. The van der Waals surface area contributed by atoms with E-state index in [2.05, 4.69) is 5.32 Å². The number of aliphatic carboxylic acids is 1. The molecule has 0 radical (unpaired) electrons. The van der Waals surface area contributed by atoms with E-state index in [-0.39, 0.29) is 0 Å². The molecule has 1 atom stereocenters. The first-order valence-corrected chi connectivity index (χ1v) is 5.89. The van der Waals surface area contributed by atoms with E-state index in [9.17, 15) is 9.59 Å². The Morgan fingerprint density at radius 3 is 2.56 bits per heavy atom. The van der Waals surface area contributed by atoms with Crippen LogP contribution >= 0.6 is 0 Å². The second kappa shape index (κ2) is 7.32. The van der Waals surface area contributed by atoms with Crippen LogP contribution in [-0.2, 0) is 4.79 Å². The molecule has 18 heavy (non-hydrogen) atoms. The number of rotatable bonds is 6. The van der Waals surface area contributed by atoms with E-state index in [1.165, 1.54) is 0 Å². The molecule has 0 heterocycles. The Bertz CT molecular complexity index is 391. The highest BCUT2D eigenvalue weighted by Gasteiger charge is 2.20. The van der Waals surface area contributed by atoms with Gasteiger partial charge in [-0.1, -0.05) is 38.0 Å². The van der Waals surface area contributed by atoms with E-state index in [1.807, 2.05) is 6.92 Å². The van der Waals surface area contributed by atoms with Gasteiger partial charge in [-0.2, -0.15) is 0 Å². The van der Waals surface area contributed by atoms with Crippen molar-refractivity contribution in [2.24, 2.45) is 0 Å². The van der Waals surface area contributed by atoms with Crippen LogP contribution in [0.25, 0.3) is 0 Å². The fourth-order valence-electron chi connectivity index (χ4n) is 1.43. The summed E-state index contributed by atoms with van der Waals surface area (Å²) < 4.78 is 4.96. The van der Waals surface area contributed by atoms with Gasteiger partial charge < -0.3 is 15.2 Å². The van der Waals surface area contributed by atoms with Gasteiger partial charge in [-0.3, -0.25) is 0 Å². The highest BCUT2D eigenvalue weighted by molar-refractivity contribution is 5.80. The van der Waals surface area contributed by atoms with Crippen LogP contribution in [0.5, 0.6) is 5.75 Å². The largest absolute Gasteiger partial charge is 0.480 e. The lowest BCUT2D eigenvalue weighted by Gasteiger charge is -2.13. The smallest absolute Gasteiger partial charge is 0.413 e. The highest BCUT2D eigenvalue weighted by Crippen LogP contribution is 2.09. The zero-order chi connectivity index (χ0) is 13.4. The second-order valence-electron chi connectivity index (χ2n) is 3.88. The Kier molecular flexibility index (Phi) is 5.70. The van der Waals surface area contributed by atoms with Gasteiger partial charge in [0.15, 0.2) is 0 Å². The Labute approximate surface area is 106 Å². The number of amides is 1. The molecule has 5 nitrogen and oxygen atoms in total. The van der Waals surface area contributed by atoms with Crippen molar-refractivity contribution >= 4 is 12.1 Å². The van der Waals surface area contributed by atoms with Crippen molar-refractivity contribution < 1.29 is 19.4 Å². The van der Waals surface area contributed by atoms with Crippen molar-refractivity contribution in [3.63, 3.8) is 0 Å². The third kappa shape index (κ3) is 4.86. The van der Waals surface area contributed by atoms with Gasteiger partial charge in [0.1, 0.15) is 11.8 Å². The monoisotopic (exact) mass is 251 g/mol. The zero-order valence-corrected chi connectivity index (χ0v) is 10.3. The van der Waals surface area contributed by atoms with Crippen molar-refractivity contribution in [1.29, 1.82) is 0 Å². The molecule has 0 aliphatic rings. The summed E-state index contributed by atoms with van der Waals surface area (Å²) in [5, 5.41) is 11.3. The maximum atomic E-state index is 11.5. The molecular formula is C13H17NO4. The lowest BCUT2D eigenvalue weighted by atomic mass is 10.1. The third-order valence-corrected chi connectivity index (χ3v) is 2.39. The van der Waals surface area contributed by atoms with Gasteiger partial charge in [0.2, 0.25) is 0 Å². The highest BCUT2D eigenvalue weighted by atomic mass is 16.6. The molecule has 0 aromatic heterocycles. The van der Waals surface area contributed by atoms with Crippen LogP contribution in [0, 0.1) is 0 Å². The van der Waals surface area contributed by atoms with E-state index >= 15 is 0 Å². The average Bonchev–Trinajstić information content (AvgIpc) is 2.35. The SMILES string of the molecule is CCCC[C@H](NC(=O)Oc1ccccc1)C(=O)O. The molecule has 0 saturated carbocycles. The summed E-state index contributed by atoms with van der Waals surface area (Å²) in [5.41, 5.74) is 0. The van der Waals surface area contributed by atoms with Crippen molar-refractivity contribution in [1.82, 2.24) is 5.32 Å². The van der Waals surface area contributed by atoms with Crippen molar-refractivity contribution in [3.05, 3.63) is 30.3 Å². The minimum absolute atomic E-state index is 0.384. The maximum absolute atomic E-state index is 11.5. The Morgan fingerprint density at radius 2 is 2.00 bits per heavy atom. The van der Waals surface area contributed by atoms with Gasteiger partial charge >= 0.3 is 12.1 Å². The van der Waals surface area contributed by atoms with E-state index < -0.39 is 18.1 Å². The fourth-order valence-corrected chi connectivity index (χ4v) is 1.43. The summed E-state index contributed by atoms with van der Waals surface area (Å²) in [6, 6.07) is 7.61. The Balaban J connectivity index is 2.48. The first kappa shape index (κ1) is 14.0. The average molecular weight is 251 g/mol. The number of benzene rings is 1. The molecule has 0 aliphatic carbocycles. The van der Waals surface area contributed by atoms with E-state index in [0.717, 1.165) is 12.8 Å². The van der Waals surface area contributed by atoms with Gasteiger partial charge in [-0.25, -0.2) is 9.59 Å². The van der Waals surface area contributed by atoms with Gasteiger partial charge in [-0.15, -0.1) is 0 Å². The van der Waals surface area contributed by atoms with Gasteiger partial charge in [0, 0.05) is 0 Å². The predicted octanol–water partition coefficient (Wildman–Crippen LogP) is 2.42. The normalized spacial score (nSPS) is 11.6. The first-order chi connectivity index (χ1) is 8.63. The van der Waals surface area contributed by atoms with E-state index in [4.69, 9.17) is 9.84 Å². The van der Waals surface area contributed by atoms with Crippen LogP contribution in [0.2, 0.25) is 0 Å². The minimum atomic E-state index is -1.05. The van der Waals surface area contributed by atoms with Crippen molar-refractivity contribution in [3.8, 4) is 5.75 Å². The molecule has 0 spiro atoms. The molecule has 0 unspecified atom stereocenters. The van der Waals surface area contributed by atoms with Crippen LogP contribution in [0.15, 0.2) is 30.3 Å². The summed E-state index contributed by atoms with van der Waals surface area (Å²) in [7, 11) is 0. The molecule has 1 amide bonds. The summed E-state index contributed by atoms with van der Waals surface area (Å²) in [6.45, 7) is 1.96. The Hall–Kier alpha value is -2.04. The number of ether oxygens (including phenoxy) is 1.